The molecule has 0 aromatic heterocycles. The molecule has 3 heteroatoms. The lowest BCUT2D eigenvalue weighted by Crippen LogP contribution is -2.51. The molecule has 4 rings (SSSR count). The van der Waals surface area contributed by atoms with E-state index in [4.69, 9.17) is 9.47 Å². The van der Waals surface area contributed by atoms with Crippen LogP contribution in [-0.4, -0.2) is 30.2 Å². The highest BCUT2D eigenvalue weighted by Crippen LogP contribution is 2.24. The molecule has 3 aromatic rings. The van der Waals surface area contributed by atoms with E-state index in [9.17, 15) is 0 Å². The first-order valence-electron chi connectivity index (χ1n) is 10.9. The predicted octanol–water partition coefficient (Wildman–Crippen LogP) is 5.45. The standard InChI is InChI=1S/C27H31NO2/c1-4-11-23(12-5-1)19-28-18-10-17-27(30-21-25-15-8-3-9-16-25)26(28)22-29-20-24-13-6-2-7-14-24/h1-9,11-16,26-27H,10,17-22H2/t26-,27-/m0/s1. The predicted molar refractivity (Wildman–Crippen MR) is 121 cm³/mol. The van der Waals surface area contributed by atoms with Crippen molar-refractivity contribution < 1.29 is 9.47 Å². The van der Waals surface area contributed by atoms with E-state index in [0.717, 1.165) is 25.9 Å². The molecule has 1 heterocycles. The van der Waals surface area contributed by atoms with Crippen molar-refractivity contribution in [2.75, 3.05) is 13.2 Å². The molecule has 0 radical (unpaired) electrons. The maximum atomic E-state index is 6.43. The summed E-state index contributed by atoms with van der Waals surface area (Å²) in [5.41, 5.74) is 3.78. The molecule has 0 unspecified atom stereocenters. The van der Waals surface area contributed by atoms with Crippen LogP contribution in [0.1, 0.15) is 29.5 Å². The van der Waals surface area contributed by atoms with Crippen LogP contribution < -0.4 is 0 Å². The lowest BCUT2D eigenvalue weighted by molar-refractivity contribution is -0.0827. The molecular formula is C27H31NO2. The molecule has 1 aliphatic heterocycles. The van der Waals surface area contributed by atoms with E-state index in [1.807, 2.05) is 12.1 Å². The maximum absolute atomic E-state index is 6.43. The minimum atomic E-state index is 0.179. The maximum Gasteiger partial charge on any atom is 0.0757 e. The second-order valence-electron chi connectivity index (χ2n) is 8.00. The number of rotatable bonds is 9. The zero-order chi connectivity index (χ0) is 20.4. The third kappa shape index (κ3) is 6.02. The summed E-state index contributed by atoms with van der Waals surface area (Å²) in [7, 11) is 0. The lowest BCUT2D eigenvalue weighted by Gasteiger charge is -2.41. The van der Waals surface area contributed by atoms with Crippen molar-refractivity contribution in [1.82, 2.24) is 4.90 Å². The first-order valence-corrected chi connectivity index (χ1v) is 10.9. The first-order chi connectivity index (χ1) is 14.9. The number of ether oxygens (including phenoxy) is 2. The molecule has 0 aliphatic carbocycles. The summed E-state index contributed by atoms with van der Waals surface area (Å²) in [6.45, 7) is 3.99. The molecule has 0 N–H and O–H groups in total. The topological polar surface area (TPSA) is 21.7 Å². The molecule has 0 spiro atoms. The molecule has 2 atom stereocenters. The van der Waals surface area contributed by atoms with Gasteiger partial charge in [0, 0.05) is 6.54 Å². The van der Waals surface area contributed by atoms with Gasteiger partial charge in [-0.25, -0.2) is 0 Å². The van der Waals surface area contributed by atoms with Gasteiger partial charge in [0.25, 0.3) is 0 Å². The Labute approximate surface area is 180 Å². The van der Waals surface area contributed by atoms with Crippen molar-refractivity contribution in [2.45, 2.75) is 44.7 Å². The summed E-state index contributed by atoms with van der Waals surface area (Å²) in [5.74, 6) is 0. The number of likely N-dealkylation sites (tertiary alicyclic amines) is 1. The van der Waals surface area contributed by atoms with Gasteiger partial charge in [0.2, 0.25) is 0 Å². The first kappa shape index (κ1) is 20.8. The van der Waals surface area contributed by atoms with E-state index < -0.39 is 0 Å². The van der Waals surface area contributed by atoms with E-state index >= 15 is 0 Å². The van der Waals surface area contributed by atoms with Gasteiger partial charge in [-0.1, -0.05) is 91.0 Å². The van der Waals surface area contributed by atoms with Crippen LogP contribution in [0.4, 0.5) is 0 Å². The largest absolute Gasteiger partial charge is 0.375 e. The molecule has 3 aromatic carbocycles. The molecule has 30 heavy (non-hydrogen) atoms. The highest BCUT2D eigenvalue weighted by Gasteiger charge is 2.32. The molecule has 0 amide bonds. The molecule has 1 saturated heterocycles. The van der Waals surface area contributed by atoms with Gasteiger partial charge in [0.1, 0.15) is 0 Å². The van der Waals surface area contributed by atoms with E-state index in [1.165, 1.54) is 16.7 Å². The summed E-state index contributed by atoms with van der Waals surface area (Å²) >= 11 is 0. The summed E-state index contributed by atoms with van der Waals surface area (Å²) in [6.07, 6.45) is 2.41. The van der Waals surface area contributed by atoms with Gasteiger partial charge in [0.05, 0.1) is 32.0 Å². The fourth-order valence-electron chi connectivity index (χ4n) is 4.16. The van der Waals surface area contributed by atoms with Gasteiger partial charge in [-0.3, -0.25) is 4.90 Å². The van der Waals surface area contributed by atoms with Gasteiger partial charge < -0.3 is 9.47 Å². The van der Waals surface area contributed by atoms with Gasteiger partial charge in [0.15, 0.2) is 0 Å². The average molecular weight is 402 g/mol. The Morgan fingerprint density at radius 3 is 1.90 bits per heavy atom. The Morgan fingerprint density at radius 1 is 0.700 bits per heavy atom. The van der Waals surface area contributed by atoms with Crippen LogP contribution in [0.15, 0.2) is 91.0 Å². The van der Waals surface area contributed by atoms with Gasteiger partial charge >= 0.3 is 0 Å². The SMILES string of the molecule is c1ccc(COC[C@H]2[C@@H](OCc3ccccc3)CCCN2Cc2ccccc2)cc1. The average Bonchev–Trinajstić information content (AvgIpc) is 2.81. The van der Waals surface area contributed by atoms with Crippen LogP contribution in [-0.2, 0) is 29.2 Å². The van der Waals surface area contributed by atoms with Crippen molar-refractivity contribution >= 4 is 0 Å². The van der Waals surface area contributed by atoms with Crippen molar-refractivity contribution in [3.8, 4) is 0 Å². The molecule has 0 bridgehead atoms. The smallest absolute Gasteiger partial charge is 0.0757 e. The van der Waals surface area contributed by atoms with Crippen molar-refractivity contribution in [1.29, 1.82) is 0 Å². The second kappa shape index (κ2) is 11.1. The molecule has 3 nitrogen and oxygen atoms in total. The summed E-state index contributed by atoms with van der Waals surface area (Å²) < 4.78 is 12.6. The van der Waals surface area contributed by atoms with Crippen LogP contribution in [0.25, 0.3) is 0 Å². The minimum Gasteiger partial charge on any atom is -0.375 e. The number of hydrogen-bond donors (Lipinski definition) is 0. The van der Waals surface area contributed by atoms with Crippen LogP contribution in [0.5, 0.6) is 0 Å². The highest BCUT2D eigenvalue weighted by molar-refractivity contribution is 5.16. The van der Waals surface area contributed by atoms with E-state index in [-0.39, 0.29) is 12.1 Å². The molecular weight excluding hydrogens is 370 g/mol. The van der Waals surface area contributed by atoms with Crippen LogP contribution in [0.2, 0.25) is 0 Å². The number of hydrogen-bond acceptors (Lipinski definition) is 3. The second-order valence-corrected chi connectivity index (χ2v) is 8.00. The van der Waals surface area contributed by atoms with Crippen molar-refractivity contribution in [3.05, 3.63) is 108 Å². The highest BCUT2D eigenvalue weighted by atomic mass is 16.5. The Kier molecular flexibility index (Phi) is 7.68. The normalized spacial score (nSPS) is 19.6. The monoisotopic (exact) mass is 401 g/mol. The fraction of sp³-hybridized carbons (Fsp3) is 0.333. The molecule has 156 valence electrons. The Hall–Kier alpha value is -2.46. The molecule has 1 aliphatic rings. The van der Waals surface area contributed by atoms with Crippen LogP contribution in [0, 0.1) is 0 Å². The van der Waals surface area contributed by atoms with E-state index in [2.05, 4.69) is 83.8 Å². The van der Waals surface area contributed by atoms with E-state index in [0.29, 0.717) is 19.8 Å². The van der Waals surface area contributed by atoms with E-state index in [1.54, 1.807) is 0 Å². The minimum absolute atomic E-state index is 0.179. The summed E-state index contributed by atoms with van der Waals surface area (Å²) in [6, 6.07) is 31.8. The van der Waals surface area contributed by atoms with Gasteiger partial charge in [-0.05, 0) is 36.1 Å². The zero-order valence-electron chi connectivity index (χ0n) is 17.5. The Bertz CT molecular complexity index is 854. The lowest BCUT2D eigenvalue weighted by atomic mass is 9.98. The Balaban J connectivity index is 1.42. The van der Waals surface area contributed by atoms with Crippen molar-refractivity contribution in [2.24, 2.45) is 0 Å². The third-order valence-corrected chi connectivity index (χ3v) is 5.77. The van der Waals surface area contributed by atoms with Gasteiger partial charge in [-0.15, -0.1) is 0 Å². The summed E-state index contributed by atoms with van der Waals surface area (Å²) in [5, 5.41) is 0. The zero-order valence-corrected chi connectivity index (χ0v) is 17.5. The van der Waals surface area contributed by atoms with Gasteiger partial charge in [-0.2, -0.15) is 0 Å². The number of benzene rings is 3. The molecule has 1 fully saturated rings. The number of nitrogens with zero attached hydrogens (tertiary/aromatic N) is 1. The third-order valence-electron chi connectivity index (χ3n) is 5.77. The number of piperidine rings is 1. The quantitative estimate of drug-likeness (QED) is 0.476. The summed E-state index contributed by atoms with van der Waals surface area (Å²) in [4.78, 5) is 2.54. The Morgan fingerprint density at radius 2 is 1.27 bits per heavy atom. The van der Waals surface area contributed by atoms with Crippen LogP contribution >= 0.6 is 0 Å². The fourth-order valence-corrected chi connectivity index (χ4v) is 4.16. The molecule has 0 saturated carbocycles. The van der Waals surface area contributed by atoms with Crippen molar-refractivity contribution in [3.63, 3.8) is 0 Å². The van der Waals surface area contributed by atoms with Crippen LogP contribution in [0.3, 0.4) is 0 Å².